The van der Waals surface area contributed by atoms with E-state index in [1.165, 1.54) is 18.2 Å². The zero-order valence-corrected chi connectivity index (χ0v) is 10.5. The molecule has 0 radical (unpaired) electrons. The molecule has 1 aromatic carbocycles. The van der Waals surface area contributed by atoms with Gasteiger partial charge in [-0.3, -0.25) is 15.3 Å². The molecule has 2 N–H and O–H groups in total. The number of aryl methyl sites for hydroxylation is 1. The lowest BCUT2D eigenvalue weighted by Gasteiger charge is -2.26. The number of hydrogen-bond acceptors (Lipinski definition) is 3. The molecule has 0 saturated heterocycles. The summed E-state index contributed by atoms with van der Waals surface area (Å²) < 4.78 is 14.2. The average Bonchev–Trinajstić information content (AvgIpc) is 2.37. The van der Waals surface area contributed by atoms with Gasteiger partial charge in [0.25, 0.3) is 0 Å². The Morgan fingerprint density at radius 1 is 1.42 bits per heavy atom. The van der Waals surface area contributed by atoms with Gasteiger partial charge in [-0.1, -0.05) is 36.4 Å². The first-order valence-electron chi connectivity index (χ1n) is 5.90. The number of carbonyl (C=O) groups excluding carboxylic acids is 2. The number of alkyl halides is 1. The summed E-state index contributed by atoms with van der Waals surface area (Å²) in [4.78, 5) is 23.5. The molecule has 0 heterocycles. The van der Waals surface area contributed by atoms with E-state index in [-0.39, 0.29) is 11.1 Å². The van der Waals surface area contributed by atoms with E-state index in [1.807, 2.05) is 0 Å². The lowest BCUT2D eigenvalue weighted by atomic mass is 9.83. The summed E-state index contributed by atoms with van der Waals surface area (Å²) in [6, 6.07) is 4.92. The summed E-state index contributed by atoms with van der Waals surface area (Å²) in [5.41, 5.74) is 6.61. The molecule has 0 spiro atoms. The van der Waals surface area contributed by atoms with Crippen LogP contribution in [0.1, 0.15) is 26.3 Å². The van der Waals surface area contributed by atoms with Gasteiger partial charge in [-0.15, -0.1) is 0 Å². The second-order valence-electron chi connectivity index (χ2n) is 4.57. The van der Waals surface area contributed by atoms with Gasteiger partial charge in [-0.2, -0.15) is 0 Å². The number of hydrogen-bond donors (Lipinski definition) is 1. The van der Waals surface area contributed by atoms with Gasteiger partial charge in [0.1, 0.15) is 0 Å². The Morgan fingerprint density at radius 3 is 2.79 bits per heavy atom. The van der Waals surface area contributed by atoms with Crippen molar-refractivity contribution in [1.29, 1.82) is 0 Å². The van der Waals surface area contributed by atoms with Crippen LogP contribution < -0.4 is 5.73 Å². The van der Waals surface area contributed by atoms with Crippen LogP contribution in [0.3, 0.4) is 0 Å². The topological polar surface area (TPSA) is 60.2 Å². The standard InChI is InChI=1S/C15H14FNO2/c1-10-5-4-6-11(9-18)13(10)14(19)12-7-2-3-8-15(12,16)17/h2-9,12H,17H2,1H3. The zero-order chi connectivity index (χ0) is 14.0. The van der Waals surface area contributed by atoms with E-state index in [4.69, 9.17) is 5.73 Å². The smallest absolute Gasteiger partial charge is 0.191 e. The summed E-state index contributed by atoms with van der Waals surface area (Å²) in [6.07, 6.45) is 6.20. The molecular weight excluding hydrogens is 245 g/mol. The van der Waals surface area contributed by atoms with E-state index in [0.717, 1.165) is 6.08 Å². The Hall–Kier alpha value is -2.07. The van der Waals surface area contributed by atoms with Crippen molar-refractivity contribution in [2.24, 2.45) is 11.7 Å². The van der Waals surface area contributed by atoms with Crippen LogP contribution >= 0.6 is 0 Å². The fourth-order valence-corrected chi connectivity index (χ4v) is 2.20. The summed E-state index contributed by atoms with van der Waals surface area (Å²) in [5, 5.41) is 0. The Morgan fingerprint density at radius 2 is 2.16 bits per heavy atom. The molecule has 19 heavy (non-hydrogen) atoms. The number of ketones is 1. The maximum Gasteiger partial charge on any atom is 0.191 e. The Balaban J connectivity index is 2.49. The summed E-state index contributed by atoms with van der Waals surface area (Å²) in [7, 11) is 0. The van der Waals surface area contributed by atoms with Gasteiger partial charge >= 0.3 is 0 Å². The van der Waals surface area contributed by atoms with Crippen molar-refractivity contribution in [2.45, 2.75) is 12.7 Å². The predicted molar refractivity (Wildman–Crippen MR) is 70.7 cm³/mol. The summed E-state index contributed by atoms with van der Waals surface area (Å²) in [6.45, 7) is 1.71. The van der Waals surface area contributed by atoms with Crippen molar-refractivity contribution in [1.82, 2.24) is 0 Å². The molecule has 0 aromatic heterocycles. The Bertz CT molecular complexity index is 588. The Labute approximate surface area is 110 Å². The van der Waals surface area contributed by atoms with Gasteiger partial charge in [-0.05, 0) is 18.6 Å². The second-order valence-corrected chi connectivity index (χ2v) is 4.57. The molecule has 2 atom stereocenters. The quantitative estimate of drug-likeness (QED) is 0.515. The normalized spacial score (nSPS) is 25.3. The van der Waals surface area contributed by atoms with Crippen molar-refractivity contribution >= 4 is 12.1 Å². The number of rotatable bonds is 3. The van der Waals surface area contributed by atoms with Crippen molar-refractivity contribution in [3.05, 3.63) is 59.2 Å². The first kappa shape index (κ1) is 13.4. The number of allylic oxidation sites excluding steroid dienone is 2. The number of benzene rings is 1. The molecule has 0 amide bonds. The predicted octanol–water partition coefficient (Wildman–Crippen LogP) is 2.36. The molecule has 4 heteroatoms. The van der Waals surface area contributed by atoms with Crippen molar-refractivity contribution in [3.63, 3.8) is 0 Å². The van der Waals surface area contributed by atoms with Crippen LogP contribution in [0.5, 0.6) is 0 Å². The molecule has 1 aliphatic carbocycles. The zero-order valence-electron chi connectivity index (χ0n) is 10.5. The molecule has 0 bridgehead atoms. The highest BCUT2D eigenvalue weighted by atomic mass is 19.1. The first-order chi connectivity index (χ1) is 8.97. The number of halogens is 1. The van der Waals surface area contributed by atoms with Gasteiger partial charge in [0.15, 0.2) is 17.9 Å². The Kier molecular flexibility index (Phi) is 3.44. The number of carbonyl (C=O) groups is 2. The highest BCUT2D eigenvalue weighted by Crippen LogP contribution is 2.29. The van der Waals surface area contributed by atoms with Gasteiger partial charge in [-0.25, -0.2) is 4.39 Å². The van der Waals surface area contributed by atoms with Gasteiger partial charge in [0.05, 0.1) is 5.92 Å². The SMILES string of the molecule is Cc1cccc(C=O)c1C(=O)C1C=CC=CC1(N)F. The maximum atomic E-state index is 14.2. The van der Waals surface area contributed by atoms with Crippen LogP contribution in [-0.4, -0.2) is 17.9 Å². The van der Waals surface area contributed by atoms with E-state index in [0.29, 0.717) is 11.8 Å². The fourth-order valence-electron chi connectivity index (χ4n) is 2.20. The van der Waals surface area contributed by atoms with Crippen LogP contribution in [0.4, 0.5) is 4.39 Å². The van der Waals surface area contributed by atoms with E-state index in [9.17, 15) is 14.0 Å². The molecule has 0 fully saturated rings. The molecule has 1 aromatic rings. The number of aldehydes is 1. The number of Topliss-reactive ketones (excluding diaryl/α,β-unsaturated/α-hetero) is 1. The van der Waals surface area contributed by atoms with E-state index in [2.05, 4.69) is 0 Å². The largest absolute Gasteiger partial charge is 0.298 e. The highest BCUT2D eigenvalue weighted by molar-refractivity contribution is 6.06. The monoisotopic (exact) mass is 259 g/mol. The van der Waals surface area contributed by atoms with Gasteiger partial charge < -0.3 is 0 Å². The van der Waals surface area contributed by atoms with Crippen LogP contribution in [0.2, 0.25) is 0 Å². The lowest BCUT2D eigenvalue weighted by Crippen LogP contribution is -2.45. The van der Waals surface area contributed by atoms with E-state index >= 15 is 0 Å². The minimum atomic E-state index is -2.23. The summed E-state index contributed by atoms with van der Waals surface area (Å²) in [5.74, 6) is -3.82. The maximum absolute atomic E-state index is 14.2. The highest BCUT2D eigenvalue weighted by Gasteiger charge is 2.38. The van der Waals surface area contributed by atoms with Crippen molar-refractivity contribution in [2.75, 3.05) is 0 Å². The van der Waals surface area contributed by atoms with E-state index < -0.39 is 17.5 Å². The lowest BCUT2D eigenvalue weighted by molar-refractivity contribution is 0.0804. The van der Waals surface area contributed by atoms with Gasteiger partial charge in [0.2, 0.25) is 0 Å². The van der Waals surface area contributed by atoms with Crippen LogP contribution in [0.25, 0.3) is 0 Å². The second kappa shape index (κ2) is 4.90. The average molecular weight is 259 g/mol. The van der Waals surface area contributed by atoms with Crippen molar-refractivity contribution in [3.8, 4) is 0 Å². The third kappa shape index (κ3) is 2.39. The minimum absolute atomic E-state index is 0.231. The van der Waals surface area contributed by atoms with Crippen LogP contribution in [-0.2, 0) is 0 Å². The summed E-state index contributed by atoms with van der Waals surface area (Å²) >= 11 is 0. The first-order valence-corrected chi connectivity index (χ1v) is 5.90. The fraction of sp³-hybridized carbons (Fsp3) is 0.200. The minimum Gasteiger partial charge on any atom is -0.298 e. The van der Waals surface area contributed by atoms with Crippen LogP contribution in [0, 0.1) is 12.8 Å². The molecule has 0 aliphatic heterocycles. The molecule has 2 unspecified atom stereocenters. The van der Waals surface area contributed by atoms with Crippen LogP contribution in [0.15, 0.2) is 42.5 Å². The molecule has 3 nitrogen and oxygen atoms in total. The molecule has 2 rings (SSSR count). The van der Waals surface area contributed by atoms with Crippen molar-refractivity contribution < 1.29 is 14.0 Å². The molecule has 98 valence electrons. The van der Waals surface area contributed by atoms with Gasteiger partial charge in [0, 0.05) is 11.1 Å². The third-order valence-electron chi connectivity index (χ3n) is 3.20. The molecular formula is C15H14FNO2. The third-order valence-corrected chi connectivity index (χ3v) is 3.20. The van der Waals surface area contributed by atoms with E-state index in [1.54, 1.807) is 25.1 Å². The molecule has 0 saturated carbocycles. The number of nitrogens with two attached hydrogens (primary N) is 1. The molecule has 1 aliphatic rings.